The van der Waals surface area contributed by atoms with Crippen LogP contribution in [0.25, 0.3) is 10.8 Å². The molecule has 3 nitrogen and oxygen atoms in total. The van der Waals surface area contributed by atoms with Crippen LogP contribution in [0.1, 0.15) is 102 Å². The Morgan fingerprint density at radius 3 is 1.74 bits per heavy atom. The SMILES string of the molecule is CCCCCCCCc1c(S(=O)(=O)[O-])cc2ccccc2c1CCCCCCCC.[Na+]. The zero-order valence-corrected chi connectivity index (χ0v) is 22.7. The van der Waals surface area contributed by atoms with Gasteiger partial charge in [0.25, 0.3) is 0 Å². The van der Waals surface area contributed by atoms with Crippen LogP contribution in [0.15, 0.2) is 35.2 Å². The number of hydrogen-bond donors (Lipinski definition) is 0. The molecule has 2 aromatic carbocycles. The van der Waals surface area contributed by atoms with Crippen molar-refractivity contribution in [3.05, 3.63) is 41.5 Å². The van der Waals surface area contributed by atoms with Crippen LogP contribution in [-0.4, -0.2) is 13.0 Å². The summed E-state index contributed by atoms with van der Waals surface area (Å²) in [7, 11) is -4.49. The zero-order valence-electron chi connectivity index (χ0n) is 19.9. The second kappa shape index (κ2) is 15.4. The maximum absolute atomic E-state index is 12.1. The van der Waals surface area contributed by atoms with Crippen LogP contribution in [0, 0.1) is 0 Å². The van der Waals surface area contributed by atoms with E-state index in [4.69, 9.17) is 0 Å². The van der Waals surface area contributed by atoms with E-state index in [0.29, 0.717) is 6.42 Å². The molecular formula is C26H39NaO3S. The van der Waals surface area contributed by atoms with Gasteiger partial charge in [-0.15, -0.1) is 0 Å². The first-order valence-corrected chi connectivity index (χ1v) is 13.4. The molecule has 0 atom stereocenters. The minimum absolute atomic E-state index is 0. The third kappa shape index (κ3) is 9.55. The molecule has 0 amide bonds. The molecule has 0 aliphatic heterocycles. The quantitative estimate of drug-likeness (QED) is 0.225. The van der Waals surface area contributed by atoms with Crippen LogP contribution in [-0.2, 0) is 23.0 Å². The van der Waals surface area contributed by atoms with E-state index in [9.17, 15) is 13.0 Å². The van der Waals surface area contributed by atoms with Crippen molar-refractivity contribution in [3.8, 4) is 0 Å². The summed E-state index contributed by atoms with van der Waals surface area (Å²) in [6.45, 7) is 4.42. The minimum atomic E-state index is -4.49. The molecule has 168 valence electrons. The molecule has 0 N–H and O–H groups in total. The van der Waals surface area contributed by atoms with Gasteiger partial charge in [0.2, 0.25) is 0 Å². The van der Waals surface area contributed by atoms with E-state index in [1.54, 1.807) is 6.07 Å². The van der Waals surface area contributed by atoms with Crippen LogP contribution in [0.5, 0.6) is 0 Å². The zero-order chi connectivity index (χ0) is 21.8. The van der Waals surface area contributed by atoms with Gasteiger partial charge in [-0.25, -0.2) is 8.42 Å². The molecule has 0 radical (unpaired) electrons. The molecule has 0 heterocycles. The summed E-state index contributed by atoms with van der Waals surface area (Å²) < 4.78 is 36.3. The summed E-state index contributed by atoms with van der Waals surface area (Å²) in [5.74, 6) is 0. The van der Waals surface area contributed by atoms with Crippen LogP contribution in [0.3, 0.4) is 0 Å². The monoisotopic (exact) mass is 454 g/mol. The third-order valence-electron chi connectivity index (χ3n) is 6.06. The molecule has 0 spiro atoms. The Bertz CT molecular complexity index is 878. The van der Waals surface area contributed by atoms with Crippen LogP contribution < -0.4 is 29.6 Å². The van der Waals surface area contributed by atoms with Crippen LogP contribution in [0.2, 0.25) is 0 Å². The standard InChI is InChI=1S/C26H40O3S.Na/c1-3-5-7-9-11-13-19-24-23-18-16-15-17-22(23)21-26(30(27,28)29)25(24)20-14-12-10-8-6-4-2;/h15-18,21H,3-14,19-20H2,1-2H3,(H,27,28,29);/q;+1/p-1. The molecule has 0 saturated carbocycles. The Morgan fingerprint density at radius 2 is 1.19 bits per heavy atom. The molecule has 31 heavy (non-hydrogen) atoms. The summed E-state index contributed by atoms with van der Waals surface area (Å²) in [5, 5.41) is 1.97. The van der Waals surface area contributed by atoms with E-state index in [1.807, 2.05) is 18.2 Å². The largest absolute Gasteiger partial charge is 1.00 e. The van der Waals surface area contributed by atoms with E-state index in [0.717, 1.165) is 54.0 Å². The molecule has 0 aliphatic carbocycles. The summed E-state index contributed by atoms with van der Waals surface area (Å²) in [5.41, 5.74) is 1.87. The van der Waals surface area contributed by atoms with Crippen molar-refractivity contribution in [1.82, 2.24) is 0 Å². The second-order valence-corrected chi connectivity index (χ2v) is 9.89. The van der Waals surface area contributed by atoms with Crippen LogP contribution in [0.4, 0.5) is 0 Å². The molecule has 2 rings (SSSR count). The summed E-state index contributed by atoms with van der Waals surface area (Å²) in [4.78, 5) is 0.00995. The number of hydrogen-bond acceptors (Lipinski definition) is 3. The van der Waals surface area contributed by atoms with Gasteiger partial charge < -0.3 is 4.55 Å². The molecule has 0 bridgehead atoms. The van der Waals surface area contributed by atoms with Gasteiger partial charge in [-0.3, -0.25) is 0 Å². The van der Waals surface area contributed by atoms with E-state index in [2.05, 4.69) is 19.9 Å². The average molecular weight is 455 g/mol. The molecule has 0 unspecified atom stereocenters. The predicted molar refractivity (Wildman–Crippen MR) is 126 cm³/mol. The summed E-state index contributed by atoms with van der Waals surface area (Å²) in [6, 6.07) is 9.52. The van der Waals surface area contributed by atoms with Crippen molar-refractivity contribution >= 4 is 20.9 Å². The number of unbranched alkanes of at least 4 members (excludes halogenated alkanes) is 10. The first-order chi connectivity index (χ1) is 14.5. The van der Waals surface area contributed by atoms with Crippen molar-refractivity contribution < 1.29 is 42.5 Å². The van der Waals surface area contributed by atoms with Crippen molar-refractivity contribution in [1.29, 1.82) is 0 Å². The summed E-state index contributed by atoms with van der Waals surface area (Å²) in [6.07, 6.45) is 15.6. The van der Waals surface area contributed by atoms with E-state index in [-0.39, 0.29) is 34.5 Å². The fourth-order valence-corrected chi connectivity index (χ4v) is 5.18. The van der Waals surface area contributed by atoms with Crippen molar-refractivity contribution in [2.24, 2.45) is 0 Å². The Kier molecular flexibility index (Phi) is 14.3. The first kappa shape index (κ1) is 28.6. The molecule has 0 aromatic heterocycles. The van der Waals surface area contributed by atoms with Gasteiger partial charge in [0, 0.05) is 0 Å². The van der Waals surface area contributed by atoms with Gasteiger partial charge in [0.1, 0.15) is 10.1 Å². The fourth-order valence-electron chi connectivity index (χ4n) is 4.38. The van der Waals surface area contributed by atoms with Gasteiger partial charge in [0.05, 0.1) is 4.90 Å². The Hall–Kier alpha value is -0.390. The van der Waals surface area contributed by atoms with E-state index in [1.165, 1.54) is 51.4 Å². The van der Waals surface area contributed by atoms with Gasteiger partial charge in [0.15, 0.2) is 0 Å². The Labute approximate surface area is 212 Å². The van der Waals surface area contributed by atoms with Crippen LogP contribution >= 0.6 is 0 Å². The smallest absolute Gasteiger partial charge is 0.744 e. The number of benzene rings is 2. The van der Waals surface area contributed by atoms with E-state index >= 15 is 0 Å². The maximum atomic E-state index is 12.1. The van der Waals surface area contributed by atoms with Crippen molar-refractivity contribution in [2.45, 2.75) is 109 Å². The fraction of sp³-hybridized carbons (Fsp3) is 0.615. The predicted octanol–water partition coefficient (Wildman–Crippen LogP) is 4.55. The van der Waals surface area contributed by atoms with Gasteiger partial charge in [-0.2, -0.15) is 0 Å². The Morgan fingerprint density at radius 1 is 0.710 bits per heavy atom. The molecule has 0 aliphatic rings. The number of aryl methyl sites for hydroxylation is 1. The average Bonchev–Trinajstić information content (AvgIpc) is 2.72. The van der Waals surface area contributed by atoms with Crippen molar-refractivity contribution in [2.75, 3.05) is 0 Å². The van der Waals surface area contributed by atoms with Gasteiger partial charge in [-0.1, -0.05) is 102 Å². The normalized spacial score (nSPS) is 11.6. The number of fused-ring (bicyclic) bond motifs is 1. The maximum Gasteiger partial charge on any atom is 1.00 e. The molecule has 0 fully saturated rings. The topological polar surface area (TPSA) is 57.2 Å². The van der Waals surface area contributed by atoms with Gasteiger partial charge in [-0.05, 0) is 53.6 Å². The summed E-state index contributed by atoms with van der Waals surface area (Å²) >= 11 is 0. The first-order valence-electron chi connectivity index (χ1n) is 12.0. The second-order valence-electron chi connectivity index (χ2n) is 8.54. The minimum Gasteiger partial charge on any atom is -0.744 e. The van der Waals surface area contributed by atoms with Crippen molar-refractivity contribution in [3.63, 3.8) is 0 Å². The molecule has 2 aromatic rings. The van der Waals surface area contributed by atoms with E-state index < -0.39 is 10.1 Å². The third-order valence-corrected chi connectivity index (χ3v) is 6.97. The Balaban J connectivity index is 0.00000480. The van der Waals surface area contributed by atoms with Gasteiger partial charge >= 0.3 is 29.6 Å². The molecule has 5 heteroatoms. The molecular weight excluding hydrogens is 415 g/mol. The number of rotatable bonds is 15. The molecule has 0 saturated heterocycles.